The lowest BCUT2D eigenvalue weighted by atomic mass is 10.2. The first-order valence-corrected chi connectivity index (χ1v) is 10.8. The molecule has 3 amide bonds. The van der Waals surface area contributed by atoms with Crippen LogP contribution in [-0.2, 0) is 14.7 Å². The molecule has 6 nitrogen and oxygen atoms in total. The van der Waals surface area contributed by atoms with Crippen molar-refractivity contribution in [1.29, 1.82) is 0 Å². The van der Waals surface area contributed by atoms with Crippen LogP contribution in [0.1, 0.15) is 32.3 Å². The van der Waals surface area contributed by atoms with Gasteiger partial charge in [-0.2, -0.15) is 0 Å². The van der Waals surface area contributed by atoms with Crippen molar-refractivity contribution in [1.82, 2.24) is 4.90 Å². The number of carbonyl (C=O) groups is 2. The highest BCUT2D eigenvalue weighted by molar-refractivity contribution is 7.95. The van der Waals surface area contributed by atoms with Gasteiger partial charge in [-0.1, -0.05) is 42.6 Å². The van der Waals surface area contributed by atoms with E-state index in [0.29, 0.717) is 22.0 Å². The van der Waals surface area contributed by atoms with E-state index in [4.69, 9.17) is 11.6 Å². The summed E-state index contributed by atoms with van der Waals surface area (Å²) in [6.07, 6.45) is 1.46. The number of amides is 3. The van der Waals surface area contributed by atoms with Crippen molar-refractivity contribution in [3.05, 3.63) is 59.1 Å². The third-order valence-corrected chi connectivity index (χ3v) is 6.08. The number of urea groups is 1. The quantitative estimate of drug-likeness (QED) is 0.689. The lowest BCUT2D eigenvalue weighted by Gasteiger charge is -2.18. The molecule has 28 heavy (non-hydrogen) atoms. The Morgan fingerprint density at radius 2 is 1.71 bits per heavy atom. The van der Waals surface area contributed by atoms with E-state index in [1.165, 1.54) is 6.92 Å². The van der Waals surface area contributed by atoms with Crippen LogP contribution in [-0.4, -0.2) is 27.6 Å². The van der Waals surface area contributed by atoms with E-state index in [2.05, 4.69) is 9.08 Å². The minimum Gasteiger partial charge on any atom is -0.295 e. The molecule has 2 aromatic carbocycles. The molecule has 2 aromatic rings. The minimum atomic E-state index is -3.36. The van der Waals surface area contributed by atoms with Gasteiger partial charge in [0, 0.05) is 24.2 Å². The van der Waals surface area contributed by atoms with E-state index < -0.39 is 21.9 Å². The fraction of sp³-hybridized carbons (Fsp3) is 0.300. The summed E-state index contributed by atoms with van der Waals surface area (Å²) in [6.45, 7) is 5.39. The summed E-state index contributed by atoms with van der Waals surface area (Å²) in [7, 11) is -3.36. The Labute approximate surface area is 171 Å². The van der Waals surface area contributed by atoms with E-state index >= 15 is 0 Å². The molecule has 0 aromatic heterocycles. The predicted octanol–water partition coefficient (Wildman–Crippen LogP) is 5.27. The number of benzene rings is 2. The van der Waals surface area contributed by atoms with Gasteiger partial charge in [-0.3, -0.25) is 14.4 Å². The zero-order chi connectivity index (χ0) is 20.7. The highest BCUT2D eigenvalue weighted by Crippen LogP contribution is 2.21. The van der Waals surface area contributed by atoms with Crippen molar-refractivity contribution in [3.8, 4) is 0 Å². The van der Waals surface area contributed by atoms with Crippen LogP contribution in [0.5, 0.6) is 0 Å². The fourth-order valence-corrected chi connectivity index (χ4v) is 4.07. The first kappa shape index (κ1) is 21.9. The zero-order valence-electron chi connectivity index (χ0n) is 16.1. The van der Waals surface area contributed by atoms with Crippen LogP contribution in [0, 0.1) is 6.92 Å². The number of anilines is 1. The van der Waals surface area contributed by atoms with Crippen LogP contribution in [0.25, 0.3) is 0 Å². The standard InChI is InChI=1S/C20H24ClN3O3S/c1-4-5-14-24(16(3)25)20(26)23-28(27,19-12-6-15(2)7-13-19)22-18-10-8-17(21)9-11-18/h6-13H,4-5,14H2,1-3H3,(H,22,23,26,27). The molecule has 0 radical (unpaired) electrons. The topological polar surface area (TPSA) is 78.8 Å². The first-order valence-electron chi connectivity index (χ1n) is 8.94. The molecule has 0 aliphatic carbocycles. The zero-order valence-corrected chi connectivity index (χ0v) is 17.7. The van der Waals surface area contributed by atoms with Crippen LogP contribution in [0.2, 0.25) is 5.02 Å². The number of imide groups is 1. The summed E-state index contributed by atoms with van der Waals surface area (Å²) in [5, 5.41) is 0.530. The molecule has 0 fully saturated rings. The number of hydrogen-bond acceptors (Lipinski definition) is 3. The smallest absolute Gasteiger partial charge is 0.295 e. The van der Waals surface area contributed by atoms with E-state index in [-0.39, 0.29) is 6.54 Å². The number of rotatable bonds is 6. The molecular weight excluding hydrogens is 398 g/mol. The molecular formula is C20H24ClN3O3S. The van der Waals surface area contributed by atoms with Crippen molar-refractivity contribution >= 4 is 39.1 Å². The molecule has 150 valence electrons. The Kier molecular flexibility index (Phi) is 7.60. The lowest BCUT2D eigenvalue weighted by Crippen LogP contribution is -2.35. The molecule has 1 atom stereocenters. The Balaban J connectivity index is 2.49. The van der Waals surface area contributed by atoms with Gasteiger partial charge in [0.25, 0.3) is 0 Å². The van der Waals surface area contributed by atoms with E-state index in [1.807, 2.05) is 13.8 Å². The van der Waals surface area contributed by atoms with Crippen LogP contribution in [0.4, 0.5) is 10.5 Å². The van der Waals surface area contributed by atoms with E-state index in [9.17, 15) is 13.8 Å². The van der Waals surface area contributed by atoms with Crippen LogP contribution < -0.4 is 4.72 Å². The minimum absolute atomic E-state index is 0.235. The average Bonchev–Trinajstić information content (AvgIpc) is 2.64. The monoisotopic (exact) mass is 421 g/mol. The van der Waals surface area contributed by atoms with Crippen LogP contribution >= 0.6 is 11.6 Å². The lowest BCUT2D eigenvalue weighted by molar-refractivity contribution is -0.125. The molecule has 8 heteroatoms. The predicted molar refractivity (Wildman–Crippen MR) is 113 cm³/mol. The molecule has 0 saturated heterocycles. The fourth-order valence-electron chi connectivity index (χ4n) is 2.40. The maximum Gasteiger partial charge on any atom is 0.360 e. The number of hydrogen-bond donors (Lipinski definition) is 1. The molecule has 0 aliphatic heterocycles. The SMILES string of the molecule is CCCCN(C(C)=O)C(=O)N=S(=O)(Nc1ccc(Cl)cc1)c1ccc(C)cc1. The Hall–Kier alpha value is -2.38. The van der Waals surface area contributed by atoms with Crippen molar-refractivity contribution < 1.29 is 13.8 Å². The third-order valence-electron chi connectivity index (χ3n) is 3.99. The molecule has 2 rings (SSSR count). The first-order chi connectivity index (χ1) is 13.2. The second-order valence-corrected chi connectivity index (χ2v) is 8.69. The number of nitrogens with zero attached hydrogens (tertiary/aromatic N) is 2. The molecule has 1 unspecified atom stereocenters. The van der Waals surface area contributed by atoms with Crippen molar-refractivity contribution in [2.45, 2.75) is 38.5 Å². The molecule has 0 aliphatic rings. The third kappa shape index (κ3) is 5.81. The summed E-state index contributed by atoms with van der Waals surface area (Å²) in [5.74, 6) is -0.431. The van der Waals surface area contributed by atoms with E-state index in [0.717, 1.165) is 16.9 Å². The van der Waals surface area contributed by atoms with Gasteiger partial charge >= 0.3 is 6.03 Å². The molecule has 1 N–H and O–H groups in total. The summed E-state index contributed by atoms with van der Waals surface area (Å²) in [6, 6.07) is 12.6. The summed E-state index contributed by atoms with van der Waals surface area (Å²) in [5.41, 5.74) is 1.48. The van der Waals surface area contributed by atoms with Gasteiger partial charge in [-0.05, 0) is 49.7 Å². The number of unbranched alkanes of at least 4 members (excludes halogenated alkanes) is 1. The molecule has 0 bridgehead atoms. The highest BCUT2D eigenvalue weighted by atomic mass is 35.5. The van der Waals surface area contributed by atoms with Gasteiger partial charge in [-0.15, -0.1) is 4.36 Å². The summed E-state index contributed by atoms with van der Waals surface area (Å²) in [4.78, 5) is 25.9. The maximum atomic E-state index is 13.7. The van der Waals surface area contributed by atoms with Gasteiger partial charge in [0.2, 0.25) is 5.91 Å². The van der Waals surface area contributed by atoms with Gasteiger partial charge in [0.15, 0.2) is 9.92 Å². The van der Waals surface area contributed by atoms with Crippen molar-refractivity contribution in [2.75, 3.05) is 11.3 Å². The molecule has 0 saturated carbocycles. The van der Waals surface area contributed by atoms with Crippen LogP contribution in [0.3, 0.4) is 0 Å². The molecule has 0 spiro atoms. The van der Waals surface area contributed by atoms with Gasteiger partial charge in [0.1, 0.15) is 0 Å². The second kappa shape index (κ2) is 9.71. The number of nitrogens with one attached hydrogen (secondary N) is 1. The van der Waals surface area contributed by atoms with Gasteiger partial charge in [-0.25, -0.2) is 9.00 Å². The second-order valence-electron chi connectivity index (χ2n) is 6.35. The number of carbonyl (C=O) groups excluding carboxylic acids is 2. The Bertz CT molecular complexity index is 950. The Morgan fingerprint density at radius 1 is 1.11 bits per heavy atom. The number of aryl methyl sites for hydroxylation is 1. The summed E-state index contributed by atoms with van der Waals surface area (Å²) >= 11 is 5.91. The summed E-state index contributed by atoms with van der Waals surface area (Å²) < 4.78 is 20.5. The van der Waals surface area contributed by atoms with Gasteiger partial charge < -0.3 is 0 Å². The van der Waals surface area contributed by atoms with E-state index in [1.54, 1.807) is 48.5 Å². The average molecular weight is 422 g/mol. The normalized spacial score (nSPS) is 12.7. The van der Waals surface area contributed by atoms with Gasteiger partial charge in [0.05, 0.1) is 4.90 Å². The van der Waals surface area contributed by atoms with Crippen LogP contribution in [0.15, 0.2) is 57.8 Å². The highest BCUT2D eigenvalue weighted by Gasteiger charge is 2.22. The number of halogens is 1. The Morgan fingerprint density at radius 3 is 2.25 bits per heavy atom. The van der Waals surface area contributed by atoms with Crippen molar-refractivity contribution in [3.63, 3.8) is 0 Å². The van der Waals surface area contributed by atoms with Crippen molar-refractivity contribution in [2.24, 2.45) is 4.36 Å². The largest absolute Gasteiger partial charge is 0.360 e. The maximum absolute atomic E-state index is 13.7. The molecule has 0 heterocycles.